The van der Waals surface area contributed by atoms with Crippen molar-refractivity contribution in [1.29, 1.82) is 0 Å². The highest BCUT2D eigenvalue weighted by Gasteiger charge is 2.40. The van der Waals surface area contributed by atoms with Crippen LogP contribution in [0.4, 0.5) is 8.78 Å². The lowest BCUT2D eigenvalue weighted by molar-refractivity contribution is -0.121. The molecule has 8 nitrogen and oxygen atoms in total. The highest BCUT2D eigenvalue weighted by molar-refractivity contribution is 5.90. The van der Waals surface area contributed by atoms with Crippen LogP contribution < -0.4 is 5.32 Å². The van der Waals surface area contributed by atoms with Gasteiger partial charge in [0.25, 0.3) is 0 Å². The molecule has 1 aliphatic heterocycles. The summed E-state index contributed by atoms with van der Waals surface area (Å²) in [5, 5.41) is 8.14. The Morgan fingerprint density at radius 2 is 1.70 bits per heavy atom. The first-order valence-electron chi connectivity index (χ1n) is 15.8. The van der Waals surface area contributed by atoms with Crippen molar-refractivity contribution in [2.45, 2.75) is 70.7 Å². The molecule has 4 aromatic rings. The number of carbonyl (C=O) groups excluding carboxylic acids is 2. The monoisotopic (exact) mass is 644 g/mol. The van der Waals surface area contributed by atoms with Gasteiger partial charge in [-0.1, -0.05) is 36.4 Å². The normalized spacial score (nSPS) is 18.3. The summed E-state index contributed by atoms with van der Waals surface area (Å²) < 4.78 is 40.7. The van der Waals surface area contributed by atoms with Crippen molar-refractivity contribution in [1.82, 2.24) is 20.0 Å². The average Bonchev–Trinajstić information content (AvgIpc) is 3.52. The number of hydrogen-bond acceptors (Lipinski definition) is 6. The van der Waals surface area contributed by atoms with E-state index >= 15 is 0 Å². The smallest absolute Gasteiger partial charge is 0.338 e. The van der Waals surface area contributed by atoms with Gasteiger partial charge >= 0.3 is 5.97 Å². The lowest BCUT2D eigenvalue weighted by Gasteiger charge is -2.28. The molecule has 47 heavy (non-hydrogen) atoms. The fourth-order valence-electron chi connectivity index (χ4n) is 6.28. The fourth-order valence-corrected chi connectivity index (χ4v) is 6.28. The van der Waals surface area contributed by atoms with E-state index in [-0.39, 0.29) is 30.5 Å². The first-order chi connectivity index (χ1) is 22.4. The minimum atomic E-state index is -0.921. The van der Waals surface area contributed by atoms with Gasteiger partial charge < -0.3 is 14.8 Å². The number of likely N-dealkylation sites (N-methyl/N-ethyl adjacent to an activating group) is 1. The number of nitrogens with one attached hydrogen (secondary N) is 1. The Bertz CT molecular complexity index is 1720. The number of para-hydroxylation sites is 1. The maximum Gasteiger partial charge on any atom is 0.338 e. The van der Waals surface area contributed by atoms with E-state index < -0.39 is 23.2 Å². The van der Waals surface area contributed by atoms with Crippen molar-refractivity contribution < 1.29 is 27.8 Å². The maximum absolute atomic E-state index is 14.3. The molecular formula is C37H42F2N4O4. The third kappa shape index (κ3) is 7.77. The van der Waals surface area contributed by atoms with Crippen molar-refractivity contribution in [3.05, 3.63) is 107 Å². The molecule has 1 saturated heterocycles. The third-order valence-electron chi connectivity index (χ3n) is 8.57. The van der Waals surface area contributed by atoms with E-state index in [1.54, 1.807) is 30.0 Å². The zero-order valence-electron chi connectivity index (χ0n) is 27.7. The summed E-state index contributed by atoms with van der Waals surface area (Å²) in [6.07, 6.45) is 1.40. The van der Waals surface area contributed by atoms with E-state index in [1.807, 2.05) is 77.2 Å². The van der Waals surface area contributed by atoms with Gasteiger partial charge in [-0.25, -0.2) is 18.3 Å². The van der Waals surface area contributed by atoms with Crippen LogP contribution in [0.2, 0.25) is 0 Å². The van der Waals surface area contributed by atoms with Gasteiger partial charge in [-0.05, 0) is 95.1 Å². The van der Waals surface area contributed by atoms with Crippen LogP contribution >= 0.6 is 0 Å². The summed E-state index contributed by atoms with van der Waals surface area (Å²) in [5.41, 5.74) is 4.25. The molecule has 10 heteroatoms. The number of amides is 1. The Kier molecular flexibility index (Phi) is 10.2. The van der Waals surface area contributed by atoms with Crippen molar-refractivity contribution in [2.24, 2.45) is 0 Å². The van der Waals surface area contributed by atoms with Crippen LogP contribution in [0.15, 0.2) is 72.8 Å². The second kappa shape index (κ2) is 14.1. The molecule has 0 bridgehead atoms. The molecule has 0 unspecified atom stereocenters. The minimum absolute atomic E-state index is 0.0389. The van der Waals surface area contributed by atoms with Crippen LogP contribution in [0.1, 0.15) is 66.8 Å². The summed E-state index contributed by atoms with van der Waals surface area (Å²) >= 11 is 0. The van der Waals surface area contributed by atoms with Gasteiger partial charge in [0.15, 0.2) is 11.6 Å². The quantitative estimate of drug-likeness (QED) is 0.196. The Morgan fingerprint density at radius 3 is 2.34 bits per heavy atom. The SMILES string of the molecule is COCC[C@@H]1C[C@@H](NC(=O)Cc2c(C)c(-c3ccc(C(=O)OC(C)(C)C)cc3)nn2-c2ccccc2)[C@H](c2ccc(F)c(F)c2)N1C. The summed E-state index contributed by atoms with van der Waals surface area (Å²) in [6.45, 7) is 7.94. The number of hydrogen-bond donors (Lipinski definition) is 1. The van der Waals surface area contributed by atoms with Crippen LogP contribution in [-0.2, 0) is 20.7 Å². The zero-order chi connectivity index (χ0) is 33.9. The van der Waals surface area contributed by atoms with Crippen molar-refractivity contribution in [3.8, 4) is 16.9 Å². The number of methoxy groups -OCH3 is 1. The van der Waals surface area contributed by atoms with E-state index in [4.69, 9.17) is 14.6 Å². The van der Waals surface area contributed by atoms with Crippen LogP contribution in [0, 0.1) is 18.6 Å². The van der Waals surface area contributed by atoms with Crippen molar-refractivity contribution in [3.63, 3.8) is 0 Å². The van der Waals surface area contributed by atoms with Gasteiger partial charge in [0.1, 0.15) is 5.60 Å². The Hall–Kier alpha value is -4.41. The van der Waals surface area contributed by atoms with Gasteiger partial charge in [-0.2, -0.15) is 5.10 Å². The summed E-state index contributed by atoms with van der Waals surface area (Å²) in [7, 11) is 3.58. The average molecular weight is 645 g/mol. The van der Waals surface area contributed by atoms with E-state index in [0.29, 0.717) is 35.5 Å². The molecule has 5 rings (SSSR count). The number of likely N-dealkylation sites (tertiary alicyclic amines) is 1. The molecule has 0 aliphatic carbocycles. The lowest BCUT2D eigenvalue weighted by Crippen LogP contribution is -2.40. The Morgan fingerprint density at radius 1 is 1.00 bits per heavy atom. The fraction of sp³-hybridized carbons (Fsp3) is 0.378. The molecule has 1 N–H and O–H groups in total. The van der Waals surface area contributed by atoms with Crippen molar-refractivity contribution in [2.75, 3.05) is 20.8 Å². The molecule has 1 fully saturated rings. The number of aromatic nitrogens is 2. The van der Waals surface area contributed by atoms with E-state index in [0.717, 1.165) is 29.3 Å². The topological polar surface area (TPSA) is 85.7 Å². The molecule has 248 valence electrons. The number of ether oxygens (including phenoxy) is 2. The van der Waals surface area contributed by atoms with Crippen LogP contribution in [0.5, 0.6) is 0 Å². The predicted octanol–water partition coefficient (Wildman–Crippen LogP) is 6.59. The van der Waals surface area contributed by atoms with E-state index in [9.17, 15) is 18.4 Å². The van der Waals surface area contributed by atoms with Gasteiger partial charge in [-0.15, -0.1) is 0 Å². The van der Waals surface area contributed by atoms with Crippen LogP contribution in [-0.4, -0.2) is 65.0 Å². The number of nitrogens with zero attached hydrogens (tertiary/aromatic N) is 3. The number of esters is 1. The molecular weight excluding hydrogens is 602 g/mol. The number of rotatable bonds is 10. The standard InChI is InChI=1S/C37H42F2N4O4/c1-23-32(22-33(44)40-31-21-28(18-19-46-6)42(5)35(31)26-16-17-29(38)30(39)20-26)43(27-10-8-7-9-11-27)41-34(23)24-12-14-25(15-13-24)36(45)47-37(2,3)4/h7-17,20,28,31,35H,18-19,21-22H2,1-6H3,(H,40,44)/t28-,31-,35+/m1/s1. The molecule has 3 aromatic carbocycles. The number of carbonyl (C=O) groups is 2. The number of benzene rings is 3. The van der Waals surface area contributed by atoms with Crippen LogP contribution in [0.3, 0.4) is 0 Å². The van der Waals surface area contributed by atoms with Crippen LogP contribution in [0.25, 0.3) is 16.9 Å². The summed E-state index contributed by atoms with van der Waals surface area (Å²) in [4.78, 5) is 28.5. The van der Waals surface area contributed by atoms with E-state index in [2.05, 4.69) is 10.2 Å². The molecule has 0 saturated carbocycles. The molecule has 0 radical (unpaired) electrons. The molecule has 3 atom stereocenters. The first-order valence-corrected chi connectivity index (χ1v) is 15.8. The van der Waals surface area contributed by atoms with Gasteiger partial charge in [0.05, 0.1) is 35.1 Å². The second-order valence-electron chi connectivity index (χ2n) is 13.1. The summed E-state index contributed by atoms with van der Waals surface area (Å²) in [5.74, 6) is -2.45. The van der Waals surface area contributed by atoms with Gasteiger partial charge in [0.2, 0.25) is 5.91 Å². The molecule has 0 spiro atoms. The van der Waals surface area contributed by atoms with Gasteiger partial charge in [-0.3, -0.25) is 9.69 Å². The molecule has 1 amide bonds. The maximum atomic E-state index is 14.3. The number of halogens is 2. The van der Waals surface area contributed by atoms with Crippen molar-refractivity contribution >= 4 is 11.9 Å². The zero-order valence-corrected chi connectivity index (χ0v) is 27.7. The predicted molar refractivity (Wildman–Crippen MR) is 176 cm³/mol. The Labute approximate surface area is 274 Å². The molecule has 1 aromatic heterocycles. The lowest BCUT2D eigenvalue weighted by atomic mass is 9.98. The molecule has 2 heterocycles. The highest BCUT2D eigenvalue weighted by atomic mass is 19.2. The first kappa shape index (κ1) is 33.9. The second-order valence-corrected chi connectivity index (χ2v) is 13.1. The largest absolute Gasteiger partial charge is 0.456 e. The summed E-state index contributed by atoms with van der Waals surface area (Å²) in [6, 6.07) is 20.0. The van der Waals surface area contributed by atoms with E-state index in [1.165, 1.54) is 6.07 Å². The highest BCUT2D eigenvalue weighted by Crippen LogP contribution is 2.37. The Balaban J connectivity index is 1.43. The third-order valence-corrected chi connectivity index (χ3v) is 8.57. The van der Waals surface area contributed by atoms with Gasteiger partial charge in [0, 0.05) is 31.4 Å². The minimum Gasteiger partial charge on any atom is -0.456 e. The molecule has 1 aliphatic rings.